The van der Waals surface area contributed by atoms with Crippen LogP contribution in [0.1, 0.15) is 36.1 Å². The van der Waals surface area contributed by atoms with E-state index in [4.69, 9.17) is 10.5 Å². The van der Waals surface area contributed by atoms with E-state index in [1.165, 1.54) is 0 Å². The van der Waals surface area contributed by atoms with Gasteiger partial charge < -0.3 is 0 Å². The van der Waals surface area contributed by atoms with Crippen LogP contribution in [0.25, 0.3) is 0 Å². The summed E-state index contributed by atoms with van der Waals surface area (Å²) >= 11 is 0. The minimum atomic E-state index is -0.968. The van der Waals surface area contributed by atoms with Crippen LogP contribution in [0.15, 0.2) is 58.7 Å². The van der Waals surface area contributed by atoms with Gasteiger partial charge in [0, 0.05) is 0 Å². The Kier molecular flexibility index (Phi) is 6.73. The first kappa shape index (κ1) is 20.0. The SMILES string of the molecule is CC(=NNC(=O)C(=O)NN=C(C)c1ccc(C#N)cc1)c1ccc(C#N)cc1. The van der Waals surface area contributed by atoms with Crippen LogP contribution in [0.3, 0.4) is 0 Å². The molecule has 8 heteroatoms. The van der Waals surface area contributed by atoms with Crippen molar-refractivity contribution in [3.63, 3.8) is 0 Å². The van der Waals surface area contributed by atoms with Gasteiger partial charge in [-0.1, -0.05) is 24.3 Å². The fraction of sp³-hybridized carbons (Fsp3) is 0.100. The maximum absolute atomic E-state index is 11.8. The lowest BCUT2D eigenvalue weighted by Gasteiger charge is -2.04. The quantitative estimate of drug-likeness (QED) is 0.481. The van der Waals surface area contributed by atoms with Crippen molar-refractivity contribution in [3.8, 4) is 12.1 Å². The van der Waals surface area contributed by atoms with Crippen molar-refractivity contribution in [2.45, 2.75) is 13.8 Å². The van der Waals surface area contributed by atoms with Crippen LogP contribution in [0.2, 0.25) is 0 Å². The molecular formula is C20H16N6O2. The van der Waals surface area contributed by atoms with E-state index in [9.17, 15) is 9.59 Å². The summed E-state index contributed by atoms with van der Waals surface area (Å²) in [7, 11) is 0. The molecule has 2 amide bonds. The minimum absolute atomic E-state index is 0.475. The number of hydrazone groups is 2. The number of carbonyl (C=O) groups excluding carboxylic acids is 2. The Labute approximate surface area is 161 Å². The van der Waals surface area contributed by atoms with Crippen LogP contribution in [0, 0.1) is 22.7 Å². The molecule has 0 bridgehead atoms. The van der Waals surface area contributed by atoms with E-state index < -0.39 is 11.8 Å². The molecule has 2 N–H and O–H groups in total. The third-order valence-electron chi connectivity index (χ3n) is 3.72. The average Bonchev–Trinajstić information content (AvgIpc) is 2.75. The highest BCUT2D eigenvalue weighted by Gasteiger charge is 2.12. The molecule has 8 nitrogen and oxygen atoms in total. The monoisotopic (exact) mass is 372 g/mol. The molecule has 0 aliphatic rings. The van der Waals surface area contributed by atoms with Crippen LogP contribution in [0.4, 0.5) is 0 Å². The van der Waals surface area contributed by atoms with Gasteiger partial charge in [0.25, 0.3) is 0 Å². The Morgan fingerprint density at radius 3 is 1.32 bits per heavy atom. The molecule has 138 valence electrons. The highest BCUT2D eigenvalue weighted by atomic mass is 16.2. The second kappa shape index (κ2) is 9.41. The number of rotatable bonds is 4. The first-order valence-electron chi connectivity index (χ1n) is 8.14. The van der Waals surface area contributed by atoms with E-state index in [1.54, 1.807) is 62.4 Å². The van der Waals surface area contributed by atoms with E-state index in [0.717, 1.165) is 0 Å². The van der Waals surface area contributed by atoms with E-state index in [0.29, 0.717) is 33.7 Å². The smallest absolute Gasteiger partial charge is 0.262 e. The Morgan fingerprint density at radius 1 is 0.714 bits per heavy atom. The number of nitrogens with zero attached hydrogens (tertiary/aromatic N) is 4. The largest absolute Gasteiger partial charge is 0.331 e. The first-order chi connectivity index (χ1) is 13.4. The number of nitrogens with one attached hydrogen (secondary N) is 2. The lowest BCUT2D eigenvalue weighted by atomic mass is 10.1. The summed E-state index contributed by atoms with van der Waals surface area (Å²) in [6, 6.07) is 17.3. The van der Waals surface area contributed by atoms with E-state index in [2.05, 4.69) is 21.1 Å². The Balaban J connectivity index is 1.95. The zero-order valence-electron chi connectivity index (χ0n) is 15.2. The summed E-state index contributed by atoms with van der Waals surface area (Å²) in [5.41, 5.74) is 7.68. The van der Waals surface area contributed by atoms with Crippen molar-refractivity contribution in [2.24, 2.45) is 10.2 Å². The van der Waals surface area contributed by atoms with Crippen molar-refractivity contribution in [1.29, 1.82) is 10.5 Å². The van der Waals surface area contributed by atoms with Gasteiger partial charge in [-0.2, -0.15) is 20.7 Å². The van der Waals surface area contributed by atoms with Crippen molar-refractivity contribution in [2.75, 3.05) is 0 Å². The second-order valence-electron chi connectivity index (χ2n) is 5.65. The number of carbonyl (C=O) groups is 2. The highest BCUT2D eigenvalue weighted by Crippen LogP contribution is 2.05. The summed E-state index contributed by atoms with van der Waals surface area (Å²) in [4.78, 5) is 23.7. The first-order valence-corrected chi connectivity index (χ1v) is 8.14. The molecule has 0 fully saturated rings. The summed E-state index contributed by atoms with van der Waals surface area (Å²) < 4.78 is 0. The molecule has 0 unspecified atom stereocenters. The Hall–Kier alpha value is -4.30. The molecule has 0 saturated heterocycles. The normalized spacial score (nSPS) is 11.1. The molecule has 2 aromatic rings. The molecule has 0 radical (unpaired) electrons. The number of hydrogen-bond donors (Lipinski definition) is 2. The third-order valence-corrected chi connectivity index (χ3v) is 3.72. The van der Waals surface area contributed by atoms with Gasteiger partial charge >= 0.3 is 11.8 Å². The number of hydrogen-bond acceptors (Lipinski definition) is 6. The van der Waals surface area contributed by atoms with Crippen LogP contribution >= 0.6 is 0 Å². The molecule has 0 spiro atoms. The Morgan fingerprint density at radius 2 is 1.04 bits per heavy atom. The molecule has 2 aromatic carbocycles. The van der Waals surface area contributed by atoms with Gasteiger partial charge in [-0.05, 0) is 49.2 Å². The minimum Gasteiger partial charge on any atom is -0.262 e. The van der Waals surface area contributed by atoms with Gasteiger partial charge in [0.15, 0.2) is 0 Å². The third kappa shape index (κ3) is 5.35. The molecule has 0 heterocycles. The van der Waals surface area contributed by atoms with E-state index in [1.807, 2.05) is 12.1 Å². The highest BCUT2D eigenvalue weighted by molar-refractivity contribution is 6.35. The average molecular weight is 372 g/mol. The molecular weight excluding hydrogens is 356 g/mol. The standard InChI is InChI=1S/C20H16N6O2/c1-13(17-7-3-15(11-21)4-8-17)23-25-19(27)20(28)26-24-14(2)18-9-5-16(12-22)6-10-18/h3-10H,1-2H3,(H,25,27)(H,26,28). The lowest BCUT2D eigenvalue weighted by Crippen LogP contribution is -2.36. The Bertz CT molecular complexity index is 937. The van der Waals surface area contributed by atoms with Gasteiger partial charge in [0.2, 0.25) is 0 Å². The van der Waals surface area contributed by atoms with Crippen molar-refractivity contribution >= 4 is 23.2 Å². The molecule has 0 aromatic heterocycles. The van der Waals surface area contributed by atoms with Crippen LogP contribution in [0.5, 0.6) is 0 Å². The number of nitriles is 2. The fourth-order valence-electron chi connectivity index (χ4n) is 2.07. The molecule has 2 rings (SSSR count). The van der Waals surface area contributed by atoms with Gasteiger partial charge in [0.05, 0.1) is 34.7 Å². The van der Waals surface area contributed by atoms with Gasteiger partial charge in [0.1, 0.15) is 0 Å². The van der Waals surface area contributed by atoms with Crippen molar-refractivity contribution in [3.05, 3.63) is 70.8 Å². The van der Waals surface area contributed by atoms with Gasteiger partial charge in [-0.25, -0.2) is 10.9 Å². The van der Waals surface area contributed by atoms with Crippen molar-refractivity contribution < 1.29 is 9.59 Å². The van der Waals surface area contributed by atoms with Crippen molar-refractivity contribution in [1.82, 2.24) is 10.9 Å². The summed E-state index contributed by atoms with van der Waals surface area (Å²) in [6.45, 7) is 3.32. The maximum Gasteiger partial charge on any atom is 0.331 e. The molecule has 0 atom stereocenters. The molecule has 0 aliphatic carbocycles. The zero-order valence-corrected chi connectivity index (χ0v) is 15.2. The van der Waals surface area contributed by atoms with E-state index >= 15 is 0 Å². The topological polar surface area (TPSA) is 130 Å². The molecule has 28 heavy (non-hydrogen) atoms. The van der Waals surface area contributed by atoms with E-state index in [-0.39, 0.29) is 0 Å². The number of benzene rings is 2. The van der Waals surface area contributed by atoms with Crippen LogP contribution in [-0.4, -0.2) is 23.2 Å². The van der Waals surface area contributed by atoms with Gasteiger partial charge in [-0.15, -0.1) is 0 Å². The predicted octanol–water partition coefficient (Wildman–Crippen LogP) is 1.81. The maximum atomic E-state index is 11.8. The summed E-state index contributed by atoms with van der Waals surface area (Å²) in [6.07, 6.45) is 0. The lowest BCUT2D eigenvalue weighted by molar-refractivity contribution is -0.139. The summed E-state index contributed by atoms with van der Waals surface area (Å²) in [5.74, 6) is -1.94. The predicted molar refractivity (Wildman–Crippen MR) is 103 cm³/mol. The fourth-order valence-corrected chi connectivity index (χ4v) is 2.07. The van der Waals surface area contributed by atoms with Crippen LogP contribution in [-0.2, 0) is 9.59 Å². The van der Waals surface area contributed by atoms with Crippen LogP contribution < -0.4 is 10.9 Å². The molecule has 0 saturated carbocycles. The molecule has 0 aliphatic heterocycles. The number of amides is 2. The summed E-state index contributed by atoms with van der Waals surface area (Å²) in [5, 5.41) is 25.3. The van der Waals surface area contributed by atoms with Gasteiger partial charge in [-0.3, -0.25) is 9.59 Å². The second-order valence-corrected chi connectivity index (χ2v) is 5.65. The zero-order chi connectivity index (χ0) is 20.5.